The van der Waals surface area contributed by atoms with Crippen molar-refractivity contribution in [3.8, 4) is 0 Å². The molecule has 0 unspecified atom stereocenters. The van der Waals surface area contributed by atoms with Gasteiger partial charge < -0.3 is 3.90 Å². The molecule has 0 aliphatic rings. The van der Waals surface area contributed by atoms with Gasteiger partial charge in [0.25, 0.3) is 0 Å². The third-order valence-corrected chi connectivity index (χ3v) is 13.1. The van der Waals surface area contributed by atoms with Gasteiger partial charge in [-0.15, -0.1) is 0 Å². The molecular weight excluding hydrogens is 150 g/mol. The van der Waals surface area contributed by atoms with E-state index in [9.17, 15) is 0 Å². The van der Waals surface area contributed by atoms with Crippen LogP contribution in [0.5, 0.6) is 0 Å². The smallest absolute Gasteiger partial charge is 0.0673 e. The minimum Gasteiger partial charge on any atom is -0.390 e. The van der Waals surface area contributed by atoms with Gasteiger partial charge in [-0.2, -0.15) is 0 Å². The van der Waals surface area contributed by atoms with Crippen molar-refractivity contribution in [1.82, 2.24) is 3.90 Å². The van der Waals surface area contributed by atoms with Gasteiger partial charge in [0.05, 0.1) is 30.0 Å². The minimum absolute atomic E-state index is 0.0941. The number of rotatable bonds is 2. The normalized spacial score (nSPS) is 13.7. The lowest BCUT2D eigenvalue weighted by Gasteiger charge is -2.09. The molecule has 0 rings (SSSR count). The molecule has 0 N–H and O–H groups in total. The van der Waals surface area contributed by atoms with Crippen LogP contribution in [0, 0.1) is 0 Å². The summed E-state index contributed by atoms with van der Waals surface area (Å²) >= 11 is 0. The van der Waals surface area contributed by atoms with Crippen molar-refractivity contribution < 1.29 is 0 Å². The molecule has 0 spiro atoms. The van der Waals surface area contributed by atoms with Crippen LogP contribution in [-0.4, -0.2) is 42.2 Å². The molecule has 0 aromatic heterocycles. The van der Waals surface area contributed by atoms with Crippen molar-refractivity contribution >= 4 is 38.3 Å². The first kappa shape index (κ1) is 7.83. The molecule has 0 saturated heterocycles. The summed E-state index contributed by atoms with van der Waals surface area (Å²) in [5.41, 5.74) is 0. The highest BCUT2D eigenvalue weighted by molar-refractivity contribution is 7.12. The molecular formula is C2H15NSi4. The van der Waals surface area contributed by atoms with Gasteiger partial charge in [-0.1, -0.05) is 13.1 Å². The van der Waals surface area contributed by atoms with E-state index < -0.39 is 0 Å². The molecule has 44 valence electrons. The van der Waals surface area contributed by atoms with E-state index in [0.717, 1.165) is 0 Å². The Hall–Kier alpha value is 0.828. The third kappa shape index (κ3) is 6.83. The quantitative estimate of drug-likeness (QED) is 0.392. The highest BCUT2D eigenvalue weighted by atomic mass is 29.2. The van der Waals surface area contributed by atoms with E-state index >= 15 is 0 Å². The zero-order valence-corrected chi connectivity index (χ0v) is 12.3. The zero-order valence-electron chi connectivity index (χ0n) is 5.73. The Bertz CT molecular complexity index is 39.0. The van der Waals surface area contributed by atoms with Gasteiger partial charge in [0.2, 0.25) is 0 Å². The van der Waals surface area contributed by atoms with Gasteiger partial charge in [0, 0.05) is 8.31 Å². The van der Waals surface area contributed by atoms with Crippen molar-refractivity contribution in [2.75, 3.05) is 0 Å². The summed E-state index contributed by atoms with van der Waals surface area (Å²) in [6.07, 6.45) is 0. The van der Waals surface area contributed by atoms with Gasteiger partial charge >= 0.3 is 0 Å². The average Bonchev–Trinajstić information content (AvgIpc) is 1.27. The third-order valence-electron chi connectivity index (χ3n) is 0.730. The second-order valence-electron chi connectivity index (χ2n) is 2.66. The van der Waals surface area contributed by atoms with Gasteiger partial charge in [0.1, 0.15) is 0 Å². The fourth-order valence-corrected chi connectivity index (χ4v) is 19.7. The standard InChI is InChI=1S/C2H15NSi4/c1-7(2)6-3(4)5/h7H,6H2,1-2,4-5H3. The summed E-state index contributed by atoms with van der Waals surface area (Å²) in [4.78, 5) is 0. The van der Waals surface area contributed by atoms with Crippen LogP contribution in [0.4, 0.5) is 0 Å². The molecule has 7 heavy (non-hydrogen) atoms. The second kappa shape index (κ2) is 3.78. The average molecular weight is 165 g/mol. The minimum atomic E-state index is -0.0941. The Kier molecular flexibility index (Phi) is 4.23. The van der Waals surface area contributed by atoms with Crippen molar-refractivity contribution in [2.45, 2.75) is 13.1 Å². The Morgan fingerprint density at radius 3 is 1.86 bits per heavy atom. The van der Waals surface area contributed by atoms with Gasteiger partial charge in [0.15, 0.2) is 0 Å². The molecule has 0 amide bonds. The molecule has 0 aromatic carbocycles. The molecule has 0 heterocycles. The topological polar surface area (TPSA) is 3.24 Å². The molecule has 0 fully saturated rings. The SMILES string of the molecule is C[SiH](C)[SiH2]N([SiH3])[SiH3]. The van der Waals surface area contributed by atoms with Crippen LogP contribution >= 0.6 is 0 Å². The number of hydrogen-bond donors (Lipinski definition) is 0. The zero-order chi connectivity index (χ0) is 5.86. The number of hydrogen-bond acceptors (Lipinski definition) is 1. The second-order valence-corrected chi connectivity index (χ2v) is 20.4. The van der Waals surface area contributed by atoms with Crippen molar-refractivity contribution in [2.24, 2.45) is 0 Å². The highest BCUT2D eigenvalue weighted by Crippen LogP contribution is 1.75. The fourth-order valence-electron chi connectivity index (χ4n) is 0.730. The van der Waals surface area contributed by atoms with Crippen LogP contribution in [0.2, 0.25) is 13.1 Å². The fraction of sp³-hybridized carbons (Fsp3) is 1.00. The summed E-state index contributed by atoms with van der Waals surface area (Å²) < 4.78 is 2.68. The van der Waals surface area contributed by atoms with E-state index in [1.807, 2.05) is 0 Å². The van der Waals surface area contributed by atoms with Crippen LogP contribution in [0.1, 0.15) is 0 Å². The first-order valence-corrected chi connectivity index (χ1v) is 10.8. The first-order chi connectivity index (χ1) is 3.13. The Balaban J connectivity index is 2.95. The van der Waals surface area contributed by atoms with Gasteiger partial charge in [-0.3, -0.25) is 0 Å². The van der Waals surface area contributed by atoms with Gasteiger partial charge in [-0.25, -0.2) is 0 Å². The maximum Gasteiger partial charge on any atom is 0.0673 e. The maximum atomic E-state index is 2.68. The van der Waals surface area contributed by atoms with Crippen LogP contribution in [0.3, 0.4) is 0 Å². The lowest BCUT2D eigenvalue weighted by molar-refractivity contribution is 1.17. The summed E-state index contributed by atoms with van der Waals surface area (Å²) in [5, 5.41) is 0. The van der Waals surface area contributed by atoms with E-state index in [2.05, 4.69) is 17.0 Å². The molecule has 0 bridgehead atoms. The lowest BCUT2D eigenvalue weighted by atomic mass is 11.9. The van der Waals surface area contributed by atoms with E-state index in [1.54, 1.807) is 0 Å². The van der Waals surface area contributed by atoms with Crippen molar-refractivity contribution in [3.05, 3.63) is 0 Å². The van der Waals surface area contributed by atoms with Crippen LogP contribution in [-0.2, 0) is 0 Å². The highest BCUT2D eigenvalue weighted by Gasteiger charge is 1.95. The molecule has 0 atom stereocenters. The Labute approximate surface area is 55.8 Å². The van der Waals surface area contributed by atoms with Crippen LogP contribution in [0.25, 0.3) is 0 Å². The Morgan fingerprint density at radius 2 is 1.86 bits per heavy atom. The van der Waals surface area contributed by atoms with Crippen LogP contribution < -0.4 is 0 Å². The molecule has 0 aliphatic carbocycles. The monoisotopic (exact) mass is 165 g/mol. The van der Waals surface area contributed by atoms with E-state index in [0.29, 0.717) is 9.20 Å². The summed E-state index contributed by atoms with van der Waals surface area (Å²) in [5.74, 6) is 0. The first-order valence-electron chi connectivity index (χ1n) is 2.77. The largest absolute Gasteiger partial charge is 0.390 e. The van der Waals surface area contributed by atoms with Gasteiger partial charge in [-0.05, 0) is 0 Å². The summed E-state index contributed by atoms with van der Waals surface area (Å²) in [6.45, 7) is 4.93. The van der Waals surface area contributed by atoms with E-state index in [1.165, 1.54) is 20.8 Å². The lowest BCUT2D eigenvalue weighted by Crippen LogP contribution is -2.31. The Morgan fingerprint density at radius 1 is 1.43 bits per heavy atom. The maximum absolute atomic E-state index is 2.68. The van der Waals surface area contributed by atoms with Crippen molar-refractivity contribution in [1.29, 1.82) is 0 Å². The predicted molar refractivity (Wildman–Crippen MR) is 49.1 cm³/mol. The summed E-state index contributed by atoms with van der Waals surface area (Å²) in [6, 6.07) is 0. The molecule has 0 saturated carbocycles. The molecule has 1 nitrogen and oxygen atoms in total. The molecule has 0 aliphatic heterocycles. The molecule has 5 heteroatoms. The molecule has 0 aromatic rings. The van der Waals surface area contributed by atoms with E-state index in [4.69, 9.17) is 0 Å². The summed E-state index contributed by atoms with van der Waals surface area (Å²) in [7, 11) is 3.00. The predicted octanol–water partition coefficient (Wildman–Crippen LogP) is -3.08. The van der Waals surface area contributed by atoms with Crippen molar-refractivity contribution in [3.63, 3.8) is 0 Å². The number of nitrogens with zero attached hydrogens (tertiary/aromatic N) is 1. The van der Waals surface area contributed by atoms with Crippen LogP contribution in [0.15, 0.2) is 0 Å². The molecule has 0 radical (unpaired) electrons. The van der Waals surface area contributed by atoms with E-state index in [-0.39, 0.29) is 8.31 Å².